The van der Waals surface area contributed by atoms with Crippen LogP contribution in [-0.2, 0) is 10.2 Å². The molecule has 1 aromatic carbocycles. The number of nitrogens with one attached hydrogen (secondary N) is 1. The lowest BCUT2D eigenvalue weighted by molar-refractivity contribution is -0.109. The molecule has 1 unspecified atom stereocenters. The zero-order valence-corrected chi connectivity index (χ0v) is 14.2. The van der Waals surface area contributed by atoms with Gasteiger partial charge < -0.3 is 5.32 Å². The summed E-state index contributed by atoms with van der Waals surface area (Å²) in [5, 5.41) is 5.02. The molecule has 2 nitrogen and oxygen atoms in total. The van der Waals surface area contributed by atoms with Crippen LogP contribution in [0.1, 0.15) is 23.3 Å². The third-order valence-corrected chi connectivity index (χ3v) is 5.38. The first kappa shape index (κ1) is 15.5. The molecule has 0 aliphatic rings. The maximum atomic E-state index is 10.8. The normalized spacial score (nSPS) is 13.7. The van der Waals surface area contributed by atoms with Gasteiger partial charge in [-0.15, -0.1) is 11.3 Å². The van der Waals surface area contributed by atoms with Crippen molar-refractivity contribution in [1.29, 1.82) is 0 Å². The van der Waals surface area contributed by atoms with E-state index in [0.29, 0.717) is 6.54 Å². The second kappa shape index (κ2) is 7.78. The van der Waals surface area contributed by atoms with Gasteiger partial charge in [0.2, 0.25) is 6.41 Å². The van der Waals surface area contributed by atoms with Gasteiger partial charge in [-0.25, -0.2) is 0 Å². The lowest BCUT2D eigenvalue weighted by Crippen LogP contribution is -2.38. The molecule has 2 aromatic rings. The van der Waals surface area contributed by atoms with Crippen molar-refractivity contribution >= 4 is 40.3 Å². The minimum absolute atomic E-state index is 0.110. The van der Waals surface area contributed by atoms with Crippen molar-refractivity contribution in [2.75, 3.05) is 11.0 Å². The van der Waals surface area contributed by atoms with Gasteiger partial charge in [0.1, 0.15) is 0 Å². The van der Waals surface area contributed by atoms with Crippen LogP contribution in [0.15, 0.2) is 47.8 Å². The number of benzene rings is 1. The molecule has 0 spiro atoms. The Labute approximate surface area is 137 Å². The van der Waals surface area contributed by atoms with Crippen molar-refractivity contribution < 1.29 is 4.79 Å². The molecule has 20 heavy (non-hydrogen) atoms. The zero-order valence-electron chi connectivity index (χ0n) is 11.2. The monoisotopic (exact) mass is 399 g/mol. The molecule has 1 amide bonds. The van der Waals surface area contributed by atoms with E-state index in [2.05, 4.69) is 69.7 Å². The summed E-state index contributed by atoms with van der Waals surface area (Å²) in [5.74, 6) is 0. The smallest absolute Gasteiger partial charge is 0.207 e. The van der Waals surface area contributed by atoms with Crippen molar-refractivity contribution in [3.05, 3.63) is 58.3 Å². The summed E-state index contributed by atoms with van der Waals surface area (Å²) in [6.45, 7) is 0.650. The lowest BCUT2D eigenvalue weighted by atomic mass is 9.75. The number of halogens is 1. The summed E-state index contributed by atoms with van der Waals surface area (Å²) in [7, 11) is 0. The fourth-order valence-corrected chi connectivity index (χ4v) is 3.94. The fourth-order valence-electron chi connectivity index (χ4n) is 2.58. The summed E-state index contributed by atoms with van der Waals surface area (Å²) in [6, 6.07) is 14.8. The van der Waals surface area contributed by atoms with Gasteiger partial charge in [0.05, 0.1) is 0 Å². The molecule has 0 radical (unpaired) electrons. The molecule has 0 bridgehead atoms. The maximum Gasteiger partial charge on any atom is 0.207 e. The predicted molar refractivity (Wildman–Crippen MR) is 93.7 cm³/mol. The standard InChI is InChI=1S/C16H18INOS/c17-10-5-9-16(12-18-13-19,15-8-4-11-20-15)14-6-2-1-3-7-14/h1-4,6-8,11,13H,5,9-10,12H2,(H,18,19). The topological polar surface area (TPSA) is 29.1 Å². The van der Waals surface area contributed by atoms with Gasteiger partial charge in [-0.05, 0) is 34.3 Å². The van der Waals surface area contributed by atoms with Crippen LogP contribution in [0, 0.1) is 0 Å². The maximum absolute atomic E-state index is 10.8. The van der Waals surface area contributed by atoms with Crippen molar-refractivity contribution in [2.45, 2.75) is 18.3 Å². The van der Waals surface area contributed by atoms with E-state index in [1.807, 2.05) is 6.07 Å². The number of rotatable bonds is 8. The zero-order chi connectivity index (χ0) is 14.3. The Morgan fingerprint density at radius 2 is 2.00 bits per heavy atom. The Balaban J connectivity index is 2.45. The summed E-state index contributed by atoms with van der Waals surface area (Å²) in [4.78, 5) is 12.1. The Morgan fingerprint density at radius 1 is 1.20 bits per heavy atom. The third kappa shape index (κ3) is 3.41. The molecule has 1 heterocycles. The van der Waals surface area contributed by atoms with E-state index < -0.39 is 0 Å². The van der Waals surface area contributed by atoms with Gasteiger partial charge >= 0.3 is 0 Å². The number of thiophene rings is 1. The minimum atomic E-state index is -0.110. The highest BCUT2D eigenvalue weighted by atomic mass is 127. The van der Waals surface area contributed by atoms with Crippen molar-refractivity contribution in [2.24, 2.45) is 0 Å². The van der Waals surface area contributed by atoms with Crippen molar-refractivity contribution in [3.63, 3.8) is 0 Å². The average Bonchev–Trinajstić information content (AvgIpc) is 3.04. The number of hydrogen-bond donors (Lipinski definition) is 1. The summed E-state index contributed by atoms with van der Waals surface area (Å²) in [5.41, 5.74) is 1.17. The van der Waals surface area contributed by atoms with Gasteiger partial charge in [-0.1, -0.05) is 59.0 Å². The fraction of sp³-hybridized carbons (Fsp3) is 0.312. The van der Waals surface area contributed by atoms with E-state index in [1.54, 1.807) is 11.3 Å². The van der Waals surface area contributed by atoms with E-state index in [1.165, 1.54) is 10.4 Å². The highest BCUT2D eigenvalue weighted by Gasteiger charge is 2.34. The molecule has 1 aromatic heterocycles. The predicted octanol–water partition coefficient (Wildman–Crippen LogP) is 4.00. The van der Waals surface area contributed by atoms with Crippen LogP contribution in [0.2, 0.25) is 0 Å². The molecule has 0 aliphatic heterocycles. The first-order chi connectivity index (χ1) is 9.83. The van der Waals surface area contributed by atoms with Crippen molar-refractivity contribution in [1.82, 2.24) is 5.32 Å². The van der Waals surface area contributed by atoms with E-state index >= 15 is 0 Å². The second-order valence-electron chi connectivity index (χ2n) is 4.72. The number of carbonyl (C=O) groups excluding carboxylic acids is 1. The minimum Gasteiger partial charge on any atom is -0.357 e. The molecule has 1 atom stereocenters. The van der Waals surface area contributed by atoms with Crippen LogP contribution in [0.5, 0.6) is 0 Å². The van der Waals surface area contributed by atoms with E-state index in [4.69, 9.17) is 0 Å². The number of amides is 1. The first-order valence-electron chi connectivity index (χ1n) is 6.66. The van der Waals surface area contributed by atoms with Gasteiger partial charge in [0.15, 0.2) is 0 Å². The van der Waals surface area contributed by atoms with Gasteiger partial charge in [-0.3, -0.25) is 4.79 Å². The summed E-state index contributed by atoms with van der Waals surface area (Å²) >= 11 is 4.18. The molecule has 0 saturated heterocycles. The number of carbonyl (C=O) groups is 1. The first-order valence-corrected chi connectivity index (χ1v) is 9.06. The van der Waals surface area contributed by atoms with E-state index in [9.17, 15) is 4.79 Å². The number of alkyl halides is 1. The molecule has 0 saturated carbocycles. The Hall–Kier alpha value is -0.880. The van der Waals surface area contributed by atoms with Crippen molar-refractivity contribution in [3.8, 4) is 0 Å². The molecule has 1 N–H and O–H groups in total. The Bertz CT molecular complexity index is 515. The molecule has 4 heteroatoms. The highest BCUT2D eigenvalue weighted by Crippen LogP contribution is 2.39. The van der Waals surface area contributed by atoms with E-state index in [-0.39, 0.29) is 5.41 Å². The largest absolute Gasteiger partial charge is 0.357 e. The summed E-state index contributed by atoms with van der Waals surface area (Å²) in [6.07, 6.45) is 2.98. The molecule has 2 rings (SSSR count). The van der Waals surface area contributed by atoms with Crippen LogP contribution in [0.4, 0.5) is 0 Å². The van der Waals surface area contributed by atoms with E-state index in [0.717, 1.165) is 23.7 Å². The van der Waals surface area contributed by atoms with Gasteiger partial charge in [0.25, 0.3) is 0 Å². The van der Waals surface area contributed by atoms with Crippen LogP contribution in [0.25, 0.3) is 0 Å². The van der Waals surface area contributed by atoms with Crippen LogP contribution >= 0.6 is 33.9 Å². The Kier molecular flexibility index (Phi) is 6.04. The quantitative estimate of drug-likeness (QED) is 0.406. The Morgan fingerprint density at radius 3 is 2.60 bits per heavy atom. The third-order valence-electron chi connectivity index (χ3n) is 3.54. The van der Waals surface area contributed by atoms with Gasteiger partial charge in [-0.2, -0.15) is 0 Å². The SMILES string of the molecule is O=CNCC(CCCI)(c1ccccc1)c1cccs1. The second-order valence-corrected chi connectivity index (χ2v) is 6.74. The number of hydrogen-bond acceptors (Lipinski definition) is 2. The summed E-state index contributed by atoms with van der Waals surface area (Å²) < 4.78 is 1.12. The molecule has 0 aliphatic carbocycles. The molecule has 0 fully saturated rings. The van der Waals surface area contributed by atoms with Crippen LogP contribution < -0.4 is 5.32 Å². The lowest BCUT2D eigenvalue weighted by Gasteiger charge is -2.33. The van der Waals surface area contributed by atoms with Crippen LogP contribution in [0.3, 0.4) is 0 Å². The highest BCUT2D eigenvalue weighted by molar-refractivity contribution is 14.1. The average molecular weight is 399 g/mol. The molecular weight excluding hydrogens is 381 g/mol. The van der Waals surface area contributed by atoms with Crippen LogP contribution in [-0.4, -0.2) is 17.4 Å². The molecular formula is C16H18INOS. The van der Waals surface area contributed by atoms with Gasteiger partial charge in [0, 0.05) is 16.8 Å². The molecule has 106 valence electrons.